The van der Waals surface area contributed by atoms with E-state index in [1.807, 2.05) is 0 Å². The maximum Gasteiger partial charge on any atom is 0.129 e. The highest BCUT2D eigenvalue weighted by Gasteiger charge is 2.20. The maximum absolute atomic E-state index is 10.6. The average Bonchev–Trinajstić information content (AvgIpc) is 1.80. The summed E-state index contributed by atoms with van der Waals surface area (Å²) < 4.78 is 0. The molecule has 0 fully saturated rings. The first-order valence-electron chi connectivity index (χ1n) is 4.09. The number of nitrogens with two attached hydrogens (primary N) is 1. The molecule has 1 unspecified atom stereocenters. The summed E-state index contributed by atoms with van der Waals surface area (Å²) in [5, 5.41) is 0. The predicted octanol–water partition coefficient (Wildman–Crippen LogP) is 1.73. The van der Waals surface area contributed by atoms with Crippen LogP contribution in [0.15, 0.2) is 0 Å². The van der Waals surface area contributed by atoms with Crippen molar-refractivity contribution in [2.45, 2.75) is 46.6 Å². The summed E-state index contributed by atoms with van der Waals surface area (Å²) in [5.74, 6) is 0.227. The average molecular weight is 157 g/mol. The SMILES string of the molecule is CC(=O)CCC(N)C(C)(C)C. The molecule has 0 amide bonds. The lowest BCUT2D eigenvalue weighted by Gasteiger charge is -2.26. The fourth-order valence-corrected chi connectivity index (χ4v) is 0.792. The van der Waals surface area contributed by atoms with Crippen LogP contribution >= 0.6 is 0 Å². The highest BCUT2D eigenvalue weighted by molar-refractivity contribution is 5.75. The van der Waals surface area contributed by atoms with E-state index in [0.717, 1.165) is 6.42 Å². The van der Waals surface area contributed by atoms with Crippen molar-refractivity contribution in [1.82, 2.24) is 0 Å². The van der Waals surface area contributed by atoms with E-state index in [2.05, 4.69) is 20.8 Å². The van der Waals surface area contributed by atoms with Crippen LogP contribution in [-0.4, -0.2) is 11.8 Å². The molecule has 0 aromatic carbocycles. The zero-order valence-electron chi connectivity index (χ0n) is 7.98. The smallest absolute Gasteiger partial charge is 0.129 e. The van der Waals surface area contributed by atoms with Gasteiger partial charge in [-0.2, -0.15) is 0 Å². The van der Waals surface area contributed by atoms with Crippen LogP contribution in [0.2, 0.25) is 0 Å². The summed E-state index contributed by atoms with van der Waals surface area (Å²) in [6.07, 6.45) is 1.41. The van der Waals surface area contributed by atoms with Gasteiger partial charge in [0.2, 0.25) is 0 Å². The molecular formula is C9H19NO. The van der Waals surface area contributed by atoms with E-state index in [1.165, 1.54) is 0 Å². The molecule has 0 aromatic rings. The predicted molar refractivity (Wildman–Crippen MR) is 47.3 cm³/mol. The standard InChI is InChI=1S/C9H19NO/c1-7(11)5-6-8(10)9(2,3)4/h8H,5-6,10H2,1-4H3. The lowest BCUT2D eigenvalue weighted by molar-refractivity contribution is -0.117. The monoisotopic (exact) mass is 157 g/mol. The Morgan fingerprint density at radius 3 is 2.18 bits per heavy atom. The second-order valence-corrected chi connectivity index (χ2v) is 4.21. The van der Waals surface area contributed by atoms with Crippen LogP contribution in [0, 0.1) is 5.41 Å². The summed E-state index contributed by atoms with van der Waals surface area (Å²) in [5.41, 5.74) is 5.97. The third-order valence-electron chi connectivity index (χ3n) is 1.92. The molecule has 1 atom stereocenters. The molecule has 0 rings (SSSR count). The molecule has 0 spiro atoms. The first kappa shape index (κ1) is 10.6. The third kappa shape index (κ3) is 4.96. The molecule has 0 saturated carbocycles. The van der Waals surface area contributed by atoms with Crippen LogP contribution in [-0.2, 0) is 4.79 Å². The largest absolute Gasteiger partial charge is 0.327 e. The van der Waals surface area contributed by atoms with Gasteiger partial charge in [-0.05, 0) is 18.8 Å². The van der Waals surface area contributed by atoms with Crippen molar-refractivity contribution < 1.29 is 4.79 Å². The highest BCUT2D eigenvalue weighted by Crippen LogP contribution is 2.20. The van der Waals surface area contributed by atoms with Crippen LogP contribution < -0.4 is 5.73 Å². The second-order valence-electron chi connectivity index (χ2n) is 4.21. The minimum atomic E-state index is 0.120. The number of hydrogen-bond donors (Lipinski definition) is 1. The van der Waals surface area contributed by atoms with E-state index in [4.69, 9.17) is 5.73 Å². The molecule has 2 nitrogen and oxygen atoms in total. The van der Waals surface area contributed by atoms with Crippen molar-refractivity contribution in [3.05, 3.63) is 0 Å². The Morgan fingerprint density at radius 2 is 1.91 bits per heavy atom. The number of carbonyl (C=O) groups is 1. The van der Waals surface area contributed by atoms with E-state index in [-0.39, 0.29) is 17.2 Å². The zero-order chi connectivity index (χ0) is 9.07. The molecule has 11 heavy (non-hydrogen) atoms. The second kappa shape index (κ2) is 3.86. The van der Waals surface area contributed by atoms with Crippen LogP contribution in [0.25, 0.3) is 0 Å². The van der Waals surface area contributed by atoms with Gasteiger partial charge in [0, 0.05) is 12.5 Å². The Kier molecular flexibility index (Phi) is 3.73. The minimum Gasteiger partial charge on any atom is -0.327 e. The van der Waals surface area contributed by atoms with Gasteiger partial charge in [0.25, 0.3) is 0 Å². The molecule has 0 bridgehead atoms. The summed E-state index contributed by atoms with van der Waals surface area (Å²) in [6.45, 7) is 7.89. The van der Waals surface area contributed by atoms with Gasteiger partial charge in [0.1, 0.15) is 5.78 Å². The van der Waals surface area contributed by atoms with Crippen molar-refractivity contribution in [3.63, 3.8) is 0 Å². The molecule has 66 valence electrons. The number of ketones is 1. The minimum absolute atomic E-state index is 0.120. The van der Waals surface area contributed by atoms with E-state index in [0.29, 0.717) is 6.42 Å². The zero-order valence-corrected chi connectivity index (χ0v) is 7.98. The Hall–Kier alpha value is -0.370. The molecule has 2 heteroatoms. The van der Waals surface area contributed by atoms with E-state index in [1.54, 1.807) is 6.92 Å². The van der Waals surface area contributed by atoms with Crippen molar-refractivity contribution in [3.8, 4) is 0 Å². The van der Waals surface area contributed by atoms with Gasteiger partial charge in [0.05, 0.1) is 0 Å². The van der Waals surface area contributed by atoms with Crippen molar-refractivity contribution >= 4 is 5.78 Å². The van der Waals surface area contributed by atoms with Gasteiger partial charge in [-0.1, -0.05) is 20.8 Å². The lowest BCUT2D eigenvalue weighted by atomic mass is 9.84. The van der Waals surface area contributed by atoms with Crippen molar-refractivity contribution in [1.29, 1.82) is 0 Å². The quantitative estimate of drug-likeness (QED) is 0.678. The molecule has 2 N–H and O–H groups in total. The van der Waals surface area contributed by atoms with E-state index < -0.39 is 0 Å². The highest BCUT2D eigenvalue weighted by atomic mass is 16.1. The Labute approximate surface area is 69.2 Å². The molecule has 0 radical (unpaired) electrons. The van der Waals surface area contributed by atoms with E-state index >= 15 is 0 Å². The normalized spacial score (nSPS) is 14.6. The summed E-state index contributed by atoms with van der Waals surface area (Å²) in [7, 11) is 0. The molecule has 0 aromatic heterocycles. The Bertz CT molecular complexity index is 135. The van der Waals surface area contributed by atoms with Crippen LogP contribution in [0.5, 0.6) is 0 Å². The fourth-order valence-electron chi connectivity index (χ4n) is 0.792. The lowest BCUT2D eigenvalue weighted by Crippen LogP contribution is -2.35. The summed E-state index contributed by atoms with van der Waals surface area (Å²) >= 11 is 0. The Morgan fingerprint density at radius 1 is 1.45 bits per heavy atom. The summed E-state index contributed by atoms with van der Waals surface area (Å²) in [6, 6.07) is 0.131. The van der Waals surface area contributed by atoms with Gasteiger partial charge in [-0.15, -0.1) is 0 Å². The molecule has 0 heterocycles. The molecule has 0 aliphatic rings. The van der Waals surface area contributed by atoms with E-state index in [9.17, 15) is 4.79 Å². The third-order valence-corrected chi connectivity index (χ3v) is 1.92. The summed E-state index contributed by atoms with van der Waals surface area (Å²) in [4.78, 5) is 10.6. The van der Waals surface area contributed by atoms with Crippen molar-refractivity contribution in [2.75, 3.05) is 0 Å². The topological polar surface area (TPSA) is 43.1 Å². The van der Waals surface area contributed by atoms with Gasteiger partial charge in [-0.25, -0.2) is 0 Å². The van der Waals surface area contributed by atoms with Crippen LogP contribution in [0.3, 0.4) is 0 Å². The Balaban J connectivity index is 3.70. The fraction of sp³-hybridized carbons (Fsp3) is 0.889. The number of hydrogen-bond acceptors (Lipinski definition) is 2. The number of rotatable bonds is 3. The molecule has 0 saturated heterocycles. The van der Waals surface area contributed by atoms with Crippen LogP contribution in [0.1, 0.15) is 40.5 Å². The number of Topliss-reactive ketones (excluding diaryl/α,β-unsaturated/α-hetero) is 1. The molecule has 0 aliphatic carbocycles. The van der Waals surface area contributed by atoms with Crippen LogP contribution in [0.4, 0.5) is 0 Å². The maximum atomic E-state index is 10.6. The first-order chi connectivity index (χ1) is 4.84. The number of carbonyl (C=O) groups excluding carboxylic acids is 1. The van der Waals surface area contributed by atoms with Gasteiger partial charge in [0.15, 0.2) is 0 Å². The molecule has 0 aliphatic heterocycles. The van der Waals surface area contributed by atoms with Crippen molar-refractivity contribution in [2.24, 2.45) is 11.1 Å². The van der Waals surface area contributed by atoms with Gasteiger partial charge >= 0.3 is 0 Å². The molecular weight excluding hydrogens is 138 g/mol. The first-order valence-corrected chi connectivity index (χ1v) is 4.09. The van der Waals surface area contributed by atoms with Gasteiger partial charge < -0.3 is 10.5 Å². The van der Waals surface area contributed by atoms with Gasteiger partial charge in [-0.3, -0.25) is 0 Å².